The molecule has 3 saturated carbocycles. The molecule has 0 aromatic carbocycles. The van der Waals surface area contributed by atoms with Gasteiger partial charge in [0.05, 0.1) is 19.8 Å². The van der Waals surface area contributed by atoms with Crippen molar-refractivity contribution in [3.05, 3.63) is 36.0 Å². The van der Waals surface area contributed by atoms with Crippen LogP contribution in [0.3, 0.4) is 0 Å². The molecule has 3 fully saturated rings. The minimum atomic E-state index is -0.241. The van der Waals surface area contributed by atoms with Crippen molar-refractivity contribution < 1.29 is 38.2 Å². The summed E-state index contributed by atoms with van der Waals surface area (Å²) in [6, 6.07) is 0. The van der Waals surface area contributed by atoms with Crippen LogP contribution in [-0.4, -0.2) is 50.3 Å². The molecule has 0 aliphatic heterocycles. The zero-order valence-corrected chi connectivity index (χ0v) is 29.2. The third-order valence-corrected chi connectivity index (χ3v) is 9.75. The van der Waals surface area contributed by atoms with E-state index in [0.717, 1.165) is 31.3 Å². The van der Waals surface area contributed by atoms with Crippen molar-refractivity contribution in [1.29, 1.82) is 0 Å². The Hall–Kier alpha value is -3.03. The Morgan fingerprint density at radius 3 is 1.41 bits per heavy atom. The predicted molar refractivity (Wildman–Crippen MR) is 174 cm³/mol. The Balaban J connectivity index is 0.000000614. The molecule has 4 atom stereocenters. The summed E-state index contributed by atoms with van der Waals surface area (Å²) in [4.78, 5) is 50.9. The molecule has 0 N–H and O–H groups in total. The van der Waals surface area contributed by atoms with E-state index in [0.29, 0.717) is 43.5 Å². The Morgan fingerprint density at radius 1 is 0.727 bits per heavy atom. The van der Waals surface area contributed by atoms with Gasteiger partial charge in [-0.05, 0) is 66.8 Å². The number of hydrogen-bond acceptors (Lipinski definition) is 8. The highest BCUT2D eigenvalue weighted by atomic mass is 16.5. The molecule has 0 aromatic rings. The van der Waals surface area contributed by atoms with Gasteiger partial charge in [0.25, 0.3) is 0 Å². The van der Waals surface area contributed by atoms with E-state index >= 15 is 0 Å². The van der Waals surface area contributed by atoms with E-state index in [2.05, 4.69) is 61.1 Å². The zero-order valence-electron chi connectivity index (χ0n) is 29.2. The summed E-state index contributed by atoms with van der Waals surface area (Å²) < 4.78 is 15.0. The highest BCUT2D eigenvalue weighted by molar-refractivity contribution is 5.88. The van der Waals surface area contributed by atoms with Gasteiger partial charge in [0.1, 0.15) is 6.79 Å². The third-order valence-electron chi connectivity index (χ3n) is 9.75. The molecule has 3 rings (SSSR count). The fourth-order valence-corrected chi connectivity index (χ4v) is 5.84. The fraction of sp³-hybridized carbons (Fsp3) is 0.694. The molecular weight excluding hydrogens is 560 g/mol. The number of ether oxygens (including phenoxy) is 3. The van der Waals surface area contributed by atoms with Crippen molar-refractivity contribution in [3.63, 3.8) is 0 Å². The summed E-state index contributed by atoms with van der Waals surface area (Å²) in [7, 11) is 0. The van der Waals surface area contributed by atoms with Crippen LogP contribution in [0.5, 0.6) is 0 Å². The first-order chi connectivity index (χ1) is 20.3. The topological polar surface area (TPSA) is 113 Å². The van der Waals surface area contributed by atoms with Crippen LogP contribution in [0.4, 0.5) is 0 Å². The number of esters is 3. The molecule has 0 bridgehead atoms. The van der Waals surface area contributed by atoms with Crippen molar-refractivity contribution in [3.8, 4) is 0 Å². The number of allylic oxidation sites excluding steroid dienone is 5. The minimum absolute atomic E-state index is 0.0128. The lowest BCUT2D eigenvalue weighted by Gasteiger charge is -2.50. The molecule has 0 saturated heterocycles. The van der Waals surface area contributed by atoms with Gasteiger partial charge in [-0.15, -0.1) is 6.58 Å². The zero-order chi connectivity index (χ0) is 34.5. The van der Waals surface area contributed by atoms with Gasteiger partial charge in [-0.2, -0.15) is 0 Å². The fourth-order valence-electron chi connectivity index (χ4n) is 5.84. The summed E-state index contributed by atoms with van der Waals surface area (Å²) in [5.74, 6) is 1.41. The smallest absolute Gasteiger partial charge is 0.302 e. The van der Waals surface area contributed by atoms with E-state index in [4.69, 9.17) is 19.0 Å². The van der Waals surface area contributed by atoms with Crippen molar-refractivity contribution in [1.82, 2.24) is 0 Å². The van der Waals surface area contributed by atoms with Crippen molar-refractivity contribution >= 4 is 30.5 Å². The van der Waals surface area contributed by atoms with Crippen LogP contribution < -0.4 is 0 Å². The number of carbonyl (C=O) groups is 5. The van der Waals surface area contributed by atoms with Gasteiger partial charge in [-0.3, -0.25) is 19.2 Å². The Labute approximate surface area is 266 Å². The minimum Gasteiger partial charge on any atom is -0.466 e. The monoisotopic (exact) mass is 618 g/mol. The van der Waals surface area contributed by atoms with Crippen LogP contribution in [0.25, 0.3) is 0 Å². The van der Waals surface area contributed by atoms with Crippen molar-refractivity contribution in [2.45, 2.75) is 102 Å². The molecule has 8 heteroatoms. The van der Waals surface area contributed by atoms with E-state index in [9.17, 15) is 19.2 Å². The molecule has 44 heavy (non-hydrogen) atoms. The average Bonchev–Trinajstić information content (AvgIpc) is 2.92. The number of rotatable bonds is 9. The number of hydrogen-bond donors (Lipinski definition) is 0. The largest absolute Gasteiger partial charge is 0.466 e. The van der Waals surface area contributed by atoms with E-state index in [1.807, 2.05) is 12.9 Å². The lowest BCUT2D eigenvalue weighted by Crippen LogP contribution is -2.46. The van der Waals surface area contributed by atoms with Gasteiger partial charge in [0.15, 0.2) is 5.78 Å². The first-order valence-corrected chi connectivity index (χ1v) is 15.5. The van der Waals surface area contributed by atoms with Crippen LogP contribution in [0.15, 0.2) is 36.0 Å². The molecule has 0 aromatic heterocycles. The Bertz CT molecular complexity index is 1060. The van der Waals surface area contributed by atoms with Crippen LogP contribution >= 0.6 is 0 Å². The quantitative estimate of drug-likeness (QED) is 0.115. The maximum Gasteiger partial charge on any atom is 0.302 e. The molecule has 8 nitrogen and oxygen atoms in total. The maximum atomic E-state index is 10.9. The molecule has 0 radical (unpaired) electrons. The Morgan fingerprint density at radius 2 is 1.11 bits per heavy atom. The maximum absolute atomic E-state index is 10.9. The summed E-state index contributed by atoms with van der Waals surface area (Å²) in [6.45, 7) is 28.5. The summed E-state index contributed by atoms with van der Waals surface area (Å²) in [5, 5.41) is 0. The highest BCUT2D eigenvalue weighted by Gasteiger charge is 2.47. The van der Waals surface area contributed by atoms with Crippen LogP contribution in [0.2, 0.25) is 0 Å². The lowest BCUT2D eigenvalue weighted by atomic mass is 9.55. The van der Waals surface area contributed by atoms with E-state index in [-0.39, 0.29) is 39.9 Å². The first-order valence-electron chi connectivity index (χ1n) is 15.5. The van der Waals surface area contributed by atoms with Crippen molar-refractivity contribution in [2.24, 2.45) is 39.9 Å². The van der Waals surface area contributed by atoms with Gasteiger partial charge in [0.2, 0.25) is 0 Å². The predicted octanol–water partition coefficient (Wildman–Crippen LogP) is 7.26. The summed E-state index contributed by atoms with van der Waals surface area (Å²) >= 11 is 0. The van der Waals surface area contributed by atoms with Crippen molar-refractivity contribution in [2.75, 3.05) is 19.8 Å². The standard InChI is InChI=1S/C12H18O3.C12H20O2.C11H18O2.CH2O/c1-8(13)5-10-6-11(12(10,3)4)7-15-9(2)14;1-5-6-10-7-11(12(10,3)4)8-14-9(2)13;1-5-9-6-10(11(9,3)4)7-13-8(2)12;1-2/h5,11H,6-7H2,1-4H3;6,11H,5,7-8H2,1-4H3;5,9-10H,1,6-7H2,2-4H3;1H2/b;10-6+;;. The normalized spacial score (nSPS) is 26.5. The molecule has 4 unspecified atom stereocenters. The summed E-state index contributed by atoms with van der Waals surface area (Å²) in [6.07, 6.45) is 10.1. The molecule has 0 heterocycles. The van der Waals surface area contributed by atoms with Gasteiger partial charge in [-0.25, -0.2) is 0 Å². The molecule has 0 amide bonds. The molecular formula is C36H58O8. The first kappa shape index (κ1) is 41.0. The van der Waals surface area contributed by atoms with Crippen LogP contribution in [-0.2, 0) is 38.2 Å². The number of ketones is 1. The summed E-state index contributed by atoms with van der Waals surface area (Å²) in [5.41, 5.74) is 3.13. The second kappa shape index (κ2) is 18.1. The highest BCUT2D eigenvalue weighted by Crippen LogP contribution is 2.52. The molecule has 3 aliphatic carbocycles. The van der Waals surface area contributed by atoms with Crippen LogP contribution in [0.1, 0.15) is 102 Å². The molecule has 0 spiro atoms. The number of carbonyl (C=O) groups excluding carboxylic acids is 5. The lowest BCUT2D eigenvalue weighted by molar-refractivity contribution is -0.148. The van der Waals surface area contributed by atoms with Gasteiger partial charge in [-0.1, -0.05) is 71.8 Å². The molecule has 250 valence electrons. The Kier molecular flexibility index (Phi) is 16.8. The van der Waals surface area contributed by atoms with Crippen LogP contribution in [0, 0.1) is 39.9 Å². The van der Waals surface area contributed by atoms with E-state index in [1.165, 1.54) is 26.3 Å². The van der Waals surface area contributed by atoms with Gasteiger partial charge >= 0.3 is 17.9 Å². The average molecular weight is 619 g/mol. The van der Waals surface area contributed by atoms with E-state index in [1.54, 1.807) is 13.0 Å². The van der Waals surface area contributed by atoms with Gasteiger partial charge in [0, 0.05) is 32.6 Å². The van der Waals surface area contributed by atoms with E-state index < -0.39 is 0 Å². The van der Waals surface area contributed by atoms with Gasteiger partial charge < -0.3 is 19.0 Å². The second-order valence-electron chi connectivity index (χ2n) is 13.7. The SMILES string of the molecule is C=CC1CC(COC(C)=O)C1(C)C.C=O.CC(=O)C=C1CC(COC(C)=O)C1(C)C.CC/C=C1\CC(COC(C)=O)C1(C)C. The third kappa shape index (κ3) is 11.8. The molecule has 3 aliphatic rings. The second-order valence-corrected chi connectivity index (χ2v) is 13.7.